The number of hydrogen-bond acceptors (Lipinski definition) is 11. The Morgan fingerprint density at radius 2 is 1.09 bits per heavy atom. The molecular formula is C34H61NO3S7Si. The van der Waals surface area contributed by atoms with E-state index in [4.69, 9.17) is 18.3 Å². The Bertz CT molecular complexity index is 880. The van der Waals surface area contributed by atoms with Gasteiger partial charge in [0.15, 0.2) is 4.34 Å². The molecule has 1 heterocycles. The Morgan fingerprint density at radius 1 is 0.587 bits per heavy atom. The first kappa shape index (κ1) is 43.5. The fraction of sp³-hybridized carbons (Fsp3) is 0.794. The van der Waals surface area contributed by atoms with Crippen LogP contribution in [0.15, 0.2) is 28.6 Å². The van der Waals surface area contributed by atoms with E-state index in [0.717, 1.165) is 67.2 Å². The zero-order valence-electron chi connectivity index (χ0n) is 28.8. The highest BCUT2D eigenvalue weighted by Gasteiger charge is 2.40. The molecule has 2 aromatic rings. The second-order valence-electron chi connectivity index (χ2n) is 11.8. The summed E-state index contributed by atoms with van der Waals surface area (Å²) in [7, 11) is 8.34. The van der Waals surface area contributed by atoms with Crippen LogP contribution in [0, 0.1) is 0 Å². The smallest absolute Gasteiger partial charge is 0.373 e. The molecule has 1 aromatic heterocycles. The molecule has 0 aliphatic rings. The van der Waals surface area contributed by atoms with Gasteiger partial charge in [0.05, 0.1) is 10.2 Å². The van der Waals surface area contributed by atoms with E-state index in [0.29, 0.717) is 0 Å². The van der Waals surface area contributed by atoms with Crippen LogP contribution in [0.4, 0.5) is 0 Å². The Labute approximate surface area is 310 Å². The van der Waals surface area contributed by atoms with Crippen LogP contribution in [-0.4, -0.2) is 39.4 Å². The number of aromatic nitrogens is 1. The maximum Gasteiger partial charge on any atom is 0.500 e. The summed E-state index contributed by atoms with van der Waals surface area (Å²) in [5.74, 6) is 1.09. The monoisotopic (exact) mass is 783 g/mol. The van der Waals surface area contributed by atoms with Crippen molar-refractivity contribution in [2.24, 2.45) is 0 Å². The summed E-state index contributed by atoms with van der Waals surface area (Å²) < 4.78 is 22.5. The lowest BCUT2D eigenvalue weighted by atomic mass is 10.1. The van der Waals surface area contributed by atoms with Crippen molar-refractivity contribution in [2.75, 3.05) is 25.6 Å². The Balaban J connectivity index is 1.77. The van der Waals surface area contributed by atoms with E-state index in [9.17, 15) is 0 Å². The zero-order valence-corrected chi connectivity index (χ0v) is 35.5. The topological polar surface area (TPSA) is 40.6 Å². The van der Waals surface area contributed by atoms with Crippen molar-refractivity contribution in [3.63, 3.8) is 0 Å². The van der Waals surface area contributed by atoms with Crippen LogP contribution in [0.1, 0.15) is 143 Å². The summed E-state index contributed by atoms with van der Waals surface area (Å²) >= 11 is 1.77. The van der Waals surface area contributed by atoms with Crippen LogP contribution >= 0.6 is 72.2 Å². The van der Waals surface area contributed by atoms with E-state index in [1.165, 1.54) is 101 Å². The van der Waals surface area contributed by atoms with E-state index >= 15 is 0 Å². The lowest BCUT2D eigenvalue weighted by Crippen LogP contribution is -2.46. The molecule has 0 atom stereocenters. The van der Waals surface area contributed by atoms with E-state index in [1.807, 2.05) is 40.3 Å². The molecule has 0 aliphatic heterocycles. The lowest BCUT2D eigenvalue weighted by molar-refractivity contribution is 0.0551. The van der Waals surface area contributed by atoms with Crippen molar-refractivity contribution in [3.05, 3.63) is 24.3 Å². The van der Waals surface area contributed by atoms with Crippen LogP contribution in [0.25, 0.3) is 10.2 Å². The molecule has 0 radical (unpaired) electrons. The van der Waals surface area contributed by atoms with E-state index in [-0.39, 0.29) is 0 Å². The van der Waals surface area contributed by atoms with Crippen LogP contribution in [-0.2, 0) is 13.3 Å². The minimum atomic E-state index is -2.70. The normalized spacial score (nSPS) is 12.1. The molecule has 0 N–H and O–H groups in total. The van der Waals surface area contributed by atoms with Gasteiger partial charge in [-0.2, -0.15) is 0 Å². The molecule has 46 heavy (non-hydrogen) atoms. The summed E-state index contributed by atoms with van der Waals surface area (Å²) in [5.41, 5.74) is 1.10. The maximum atomic E-state index is 6.71. The van der Waals surface area contributed by atoms with Crippen molar-refractivity contribution in [3.8, 4) is 0 Å². The molecule has 0 unspecified atom stereocenters. The minimum absolute atomic E-state index is 0.781. The Hall–Kier alpha value is 1.31. The van der Waals surface area contributed by atoms with Gasteiger partial charge in [-0.25, -0.2) is 4.98 Å². The Morgan fingerprint density at radius 3 is 1.63 bits per heavy atom. The number of nitrogens with zero attached hydrogens (tertiary/aromatic N) is 1. The SMILES string of the molecule is CCCCCCCCO[Si](CCCSSSSSSc1nc2ccccc2s1)(OCCCCCCCC)OCCCCCCCC. The third kappa shape index (κ3) is 22.2. The highest BCUT2D eigenvalue weighted by Crippen LogP contribution is 2.54. The fourth-order valence-electron chi connectivity index (χ4n) is 5.03. The van der Waals surface area contributed by atoms with Crippen molar-refractivity contribution in [1.82, 2.24) is 4.98 Å². The van der Waals surface area contributed by atoms with E-state index in [2.05, 4.69) is 45.0 Å². The summed E-state index contributed by atoms with van der Waals surface area (Å²) in [6.45, 7) is 9.19. The number of para-hydroxylation sites is 1. The number of thiazole rings is 1. The maximum absolute atomic E-state index is 6.71. The van der Waals surface area contributed by atoms with Crippen molar-refractivity contribution >= 4 is 91.2 Å². The molecule has 0 amide bonds. The first-order valence-corrected chi connectivity index (χ1v) is 28.4. The second-order valence-corrected chi connectivity index (χ2v) is 25.3. The van der Waals surface area contributed by atoms with Gasteiger partial charge in [0.2, 0.25) is 0 Å². The van der Waals surface area contributed by atoms with E-state index < -0.39 is 8.80 Å². The van der Waals surface area contributed by atoms with Gasteiger partial charge in [-0.15, -0.1) is 11.3 Å². The van der Waals surface area contributed by atoms with Crippen LogP contribution in [0.2, 0.25) is 6.04 Å². The average Bonchev–Trinajstić information content (AvgIpc) is 3.49. The van der Waals surface area contributed by atoms with E-state index in [1.54, 1.807) is 32.0 Å². The molecular weight excluding hydrogens is 723 g/mol. The number of unbranched alkanes of at least 4 members (excludes halogenated alkanes) is 15. The predicted molar refractivity (Wildman–Crippen MR) is 221 cm³/mol. The minimum Gasteiger partial charge on any atom is -0.373 e. The van der Waals surface area contributed by atoms with Gasteiger partial charge in [0.25, 0.3) is 0 Å². The van der Waals surface area contributed by atoms with Crippen LogP contribution < -0.4 is 0 Å². The van der Waals surface area contributed by atoms with Gasteiger partial charge < -0.3 is 13.3 Å². The highest BCUT2D eigenvalue weighted by molar-refractivity contribution is 9.41. The zero-order chi connectivity index (χ0) is 32.8. The third-order valence-corrected chi connectivity index (χ3v) is 22.7. The van der Waals surface area contributed by atoms with Crippen molar-refractivity contribution in [2.45, 2.75) is 153 Å². The molecule has 0 saturated carbocycles. The first-order valence-electron chi connectivity index (χ1n) is 18.0. The number of benzene rings is 1. The van der Waals surface area contributed by atoms with Gasteiger partial charge in [0, 0.05) is 31.6 Å². The molecule has 0 spiro atoms. The summed E-state index contributed by atoms with van der Waals surface area (Å²) in [4.78, 5) is 4.72. The fourth-order valence-corrected chi connectivity index (χ4v) is 20.8. The molecule has 2 rings (SSSR count). The van der Waals surface area contributed by atoms with Gasteiger partial charge in [0.1, 0.15) is 0 Å². The number of hydrogen-bond donors (Lipinski definition) is 0. The van der Waals surface area contributed by atoms with Crippen LogP contribution in [0.5, 0.6) is 0 Å². The van der Waals surface area contributed by atoms with Gasteiger partial charge in [-0.3, -0.25) is 0 Å². The Kier molecular flexibility index (Phi) is 29.4. The summed E-state index contributed by atoms with van der Waals surface area (Å²) in [6, 6.07) is 9.30. The van der Waals surface area contributed by atoms with Gasteiger partial charge in [-0.05, 0) is 87.9 Å². The number of fused-ring (bicyclic) bond motifs is 1. The molecule has 12 heteroatoms. The van der Waals surface area contributed by atoms with Crippen LogP contribution in [0.3, 0.4) is 0 Å². The summed E-state index contributed by atoms with van der Waals surface area (Å²) in [6.07, 6.45) is 24.0. The first-order chi connectivity index (χ1) is 22.7. The largest absolute Gasteiger partial charge is 0.500 e. The molecule has 266 valence electrons. The van der Waals surface area contributed by atoms with Crippen molar-refractivity contribution < 1.29 is 13.3 Å². The number of rotatable bonds is 34. The molecule has 4 nitrogen and oxygen atoms in total. The highest BCUT2D eigenvalue weighted by atomic mass is 33.9. The lowest BCUT2D eigenvalue weighted by Gasteiger charge is -2.30. The molecule has 0 fully saturated rings. The second kappa shape index (κ2) is 31.1. The molecule has 0 saturated heterocycles. The summed E-state index contributed by atoms with van der Waals surface area (Å²) in [5, 5.41) is 0. The molecule has 0 aliphatic carbocycles. The molecule has 0 bridgehead atoms. The standard InChI is InChI=1S/C34H61NO3S7Si/c1-4-7-10-13-16-21-27-36-46(37-28-22-17-14-11-8-5-2,38-29-23-18-15-12-9-6-3)31-24-30-39-42-44-45-43-41-34-35-32-25-19-20-26-33(32)40-34/h19-20,25-26H,4-18,21-24,27-31H2,1-3H3. The van der Waals surface area contributed by atoms with Crippen molar-refractivity contribution in [1.29, 1.82) is 0 Å². The quantitative estimate of drug-likeness (QED) is 0.0389. The van der Waals surface area contributed by atoms with Gasteiger partial charge >= 0.3 is 8.80 Å². The average molecular weight is 784 g/mol. The van der Waals surface area contributed by atoms with Gasteiger partial charge in [-0.1, -0.05) is 140 Å². The third-order valence-electron chi connectivity index (χ3n) is 7.68. The predicted octanol–water partition coefficient (Wildman–Crippen LogP) is 15.1. The molecule has 1 aromatic carbocycles.